The van der Waals surface area contributed by atoms with Crippen molar-refractivity contribution in [1.82, 2.24) is 10.6 Å². The van der Waals surface area contributed by atoms with Crippen molar-refractivity contribution in [3.05, 3.63) is 59.7 Å². The van der Waals surface area contributed by atoms with Crippen LogP contribution in [0.25, 0.3) is 0 Å². The fourth-order valence-electron chi connectivity index (χ4n) is 2.44. The number of nitrogens with one attached hydrogen (secondary N) is 2. The van der Waals surface area contributed by atoms with Crippen LogP contribution < -0.4 is 20.1 Å². The van der Waals surface area contributed by atoms with Crippen molar-refractivity contribution in [2.75, 3.05) is 26.3 Å². The zero-order chi connectivity index (χ0) is 24.4. The van der Waals surface area contributed by atoms with Crippen LogP contribution in [0, 0.1) is 11.6 Å². The average Bonchev–Trinajstić information content (AvgIpc) is 2.76. The SMILES string of the molecule is O=C(COc1ccc(F)c(F)c1)NCC[C@H](O)CNC(=O)COc1cccc(C(F)(F)F)c1. The number of alkyl halides is 3. The van der Waals surface area contributed by atoms with Crippen LogP contribution in [0.15, 0.2) is 42.5 Å². The molecule has 0 aliphatic heterocycles. The van der Waals surface area contributed by atoms with Gasteiger partial charge in [0.15, 0.2) is 24.8 Å². The fraction of sp³-hybridized carbons (Fsp3) is 0.333. The van der Waals surface area contributed by atoms with E-state index < -0.39 is 54.5 Å². The van der Waals surface area contributed by atoms with E-state index in [2.05, 4.69) is 10.6 Å². The first-order valence-electron chi connectivity index (χ1n) is 9.64. The maximum atomic E-state index is 13.1. The minimum absolute atomic E-state index is 0.0286. The Bertz CT molecular complexity index is 955. The third-order valence-electron chi connectivity index (χ3n) is 4.13. The van der Waals surface area contributed by atoms with Crippen molar-refractivity contribution < 1.29 is 46.1 Å². The minimum atomic E-state index is -4.54. The van der Waals surface area contributed by atoms with Gasteiger partial charge in [0.05, 0.1) is 11.7 Å². The third-order valence-corrected chi connectivity index (χ3v) is 4.13. The lowest BCUT2D eigenvalue weighted by Crippen LogP contribution is -2.37. The maximum Gasteiger partial charge on any atom is 0.416 e. The van der Waals surface area contributed by atoms with Gasteiger partial charge in [0, 0.05) is 19.2 Å². The lowest BCUT2D eigenvalue weighted by molar-refractivity contribution is -0.137. The van der Waals surface area contributed by atoms with E-state index in [9.17, 15) is 36.6 Å². The van der Waals surface area contributed by atoms with Crippen molar-refractivity contribution in [2.45, 2.75) is 18.7 Å². The fourth-order valence-corrected chi connectivity index (χ4v) is 2.44. The van der Waals surface area contributed by atoms with Gasteiger partial charge in [0.1, 0.15) is 11.5 Å². The molecule has 1 atom stereocenters. The summed E-state index contributed by atoms with van der Waals surface area (Å²) in [6.07, 6.45) is -5.48. The lowest BCUT2D eigenvalue weighted by Gasteiger charge is -2.13. The first-order chi connectivity index (χ1) is 15.5. The number of ether oxygens (including phenoxy) is 2. The van der Waals surface area contributed by atoms with Crippen molar-refractivity contribution in [2.24, 2.45) is 0 Å². The van der Waals surface area contributed by atoms with Gasteiger partial charge in [-0.25, -0.2) is 8.78 Å². The number of amides is 2. The Hall–Kier alpha value is -3.41. The quantitative estimate of drug-likeness (QED) is 0.433. The number of halogens is 5. The smallest absolute Gasteiger partial charge is 0.416 e. The second kappa shape index (κ2) is 12.0. The summed E-state index contributed by atoms with van der Waals surface area (Å²) in [5.41, 5.74) is -0.909. The highest BCUT2D eigenvalue weighted by molar-refractivity contribution is 5.78. The molecule has 0 aliphatic rings. The van der Waals surface area contributed by atoms with E-state index in [1.807, 2.05) is 0 Å². The number of rotatable bonds is 11. The highest BCUT2D eigenvalue weighted by Crippen LogP contribution is 2.31. The zero-order valence-electron chi connectivity index (χ0n) is 17.1. The summed E-state index contributed by atoms with van der Waals surface area (Å²) in [6, 6.07) is 6.88. The molecule has 0 spiro atoms. The summed E-state index contributed by atoms with van der Waals surface area (Å²) in [5.74, 6) is -3.54. The molecule has 0 radical (unpaired) electrons. The lowest BCUT2D eigenvalue weighted by atomic mass is 10.2. The molecule has 0 heterocycles. The molecule has 2 amide bonds. The van der Waals surface area contributed by atoms with E-state index in [1.54, 1.807) is 0 Å². The molecule has 0 fully saturated rings. The third kappa shape index (κ3) is 9.31. The van der Waals surface area contributed by atoms with Gasteiger partial charge in [-0.2, -0.15) is 13.2 Å². The summed E-state index contributed by atoms with van der Waals surface area (Å²) in [5, 5.41) is 14.6. The highest BCUT2D eigenvalue weighted by Gasteiger charge is 2.30. The van der Waals surface area contributed by atoms with Crippen LogP contribution in [0.5, 0.6) is 11.5 Å². The van der Waals surface area contributed by atoms with E-state index in [0.29, 0.717) is 0 Å². The molecule has 0 saturated carbocycles. The molecule has 33 heavy (non-hydrogen) atoms. The monoisotopic (exact) mass is 476 g/mol. The Kier molecular flexibility index (Phi) is 9.40. The van der Waals surface area contributed by atoms with Crippen LogP contribution in [0.2, 0.25) is 0 Å². The zero-order valence-corrected chi connectivity index (χ0v) is 17.1. The summed E-state index contributed by atoms with van der Waals surface area (Å²) in [4.78, 5) is 23.4. The molecule has 7 nitrogen and oxygen atoms in total. The first-order valence-corrected chi connectivity index (χ1v) is 9.64. The highest BCUT2D eigenvalue weighted by atomic mass is 19.4. The molecule has 12 heteroatoms. The topological polar surface area (TPSA) is 96.9 Å². The summed E-state index contributed by atoms with van der Waals surface area (Å²) in [7, 11) is 0. The van der Waals surface area contributed by atoms with Gasteiger partial charge in [0.2, 0.25) is 0 Å². The van der Waals surface area contributed by atoms with Gasteiger partial charge in [-0.1, -0.05) is 6.07 Å². The van der Waals surface area contributed by atoms with Crippen LogP contribution in [-0.2, 0) is 15.8 Å². The Morgan fingerprint density at radius 1 is 0.909 bits per heavy atom. The number of hydrogen-bond donors (Lipinski definition) is 3. The maximum absolute atomic E-state index is 13.1. The van der Waals surface area contributed by atoms with Gasteiger partial charge in [0.25, 0.3) is 11.8 Å². The Labute approximate surface area is 185 Å². The van der Waals surface area contributed by atoms with Gasteiger partial charge in [-0.15, -0.1) is 0 Å². The molecule has 2 aromatic carbocycles. The molecule has 0 saturated heterocycles. The second-order valence-electron chi connectivity index (χ2n) is 6.78. The number of carbonyl (C=O) groups is 2. The van der Waals surface area contributed by atoms with Crippen LogP contribution >= 0.6 is 0 Å². The Balaban J connectivity index is 1.60. The van der Waals surface area contributed by atoms with E-state index in [0.717, 1.165) is 36.4 Å². The van der Waals surface area contributed by atoms with Crippen LogP contribution in [-0.4, -0.2) is 49.3 Å². The van der Waals surface area contributed by atoms with Gasteiger partial charge in [-0.3, -0.25) is 9.59 Å². The molecule has 2 rings (SSSR count). The van der Waals surface area contributed by atoms with E-state index in [1.165, 1.54) is 6.07 Å². The Morgan fingerprint density at radius 3 is 2.18 bits per heavy atom. The average molecular weight is 476 g/mol. The van der Waals surface area contributed by atoms with E-state index >= 15 is 0 Å². The number of aliphatic hydroxyl groups is 1. The van der Waals surface area contributed by atoms with Crippen molar-refractivity contribution in [1.29, 1.82) is 0 Å². The molecule has 2 aromatic rings. The standard InChI is InChI=1S/C21H21F5N2O5/c22-17-5-4-16(9-18(17)23)33-11-19(30)27-7-6-14(29)10-28-20(31)12-32-15-3-1-2-13(8-15)21(24,25)26/h1-5,8-9,14,29H,6-7,10-12H2,(H,27,30)(H,28,31)/t14-/m0/s1. The molecule has 3 N–H and O–H groups in total. The van der Waals surface area contributed by atoms with Crippen LogP contribution in [0.3, 0.4) is 0 Å². The predicted molar refractivity (Wildman–Crippen MR) is 105 cm³/mol. The van der Waals surface area contributed by atoms with Crippen molar-refractivity contribution >= 4 is 11.8 Å². The molecule has 180 valence electrons. The van der Waals surface area contributed by atoms with Gasteiger partial charge < -0.3 is 25.2 Å². The largest absolute Gasteiger partial charge is 0.484 e. The second-order valence-corrected chi connectivity index (χ2v) is 6.78. The molecular weight excluding hydrogens is 455 g/mol. The summed E-state index contributed by atoms with van der Waals surface area (Å²) >= 11 is 0. The van der Waals surface area contributed by atoms with Crippen molar-refractivity contribution in [3.8, 4) is 11.5 Å². The molecular formula is C21H21F5N2O5. The summed E-state index contributed by atoms with van der Waals surface area (Å²) < 4.78 is 73.9. The van der Waals surface area contributed by atoms with Crippen LogP contribution in [0.1, 0.15) is 12.0 Å². The molecule has 0 bridgehead atoms. The number of benzene rings is 2. The molecule has 0 unspecified atom stereocenters. The first kappa shape index (κ1) is 25.8. The van der Waals surface area contributed by atoms with E-state index in [-0.39, 0.29) is 31.0 Å². The number of hydrogen-bond acceptors (Lipinski definition) is 5. The number of carbonyl (C=O) groups excluding carboxylic acids is 2. The summed E-state index contributed by atoms with van der Waals surface area (Å²) in [6.45, 7) is -1.14. The van der Waals surface area contributed by atoms with E-state index in [4.69, 9.17) is 9.47 Å². The molecule has 0 aliphatic carbocycles. The minimum Gasteiger partial charge on any atom is -0.484 e. The Morgan fingerprint density at radius 2 is 1.55 bits per heavy atom. The predicted octanol–water partition coefficient (Wildman–Crippen LogP) is 2.42. The van der Waals surface area contributed by atoms with Gasteiger partial charge >= 0.3 is 6.18 Å². The molecule has 0 aromatic heterocycles. The number of aliphatic hydroxyl groups excluding tert-OH is 1. The van der Waals surface area contributed by atoms with Gasteiger partial charge in [-0.05, 0) is 36.8 Å². The van der Waals surface area contributed by atoms with Crippen molar-refractivity contribution in [3.63, 3.8) is 0 Å². The van der Waals surface area contributed by atoms with Crippen LogP contribution in [0.4, 0.5) is 22.0 Å². The normalized spacial score (nSPS) is 12.1.